The van der Waals surface area contributed by atoms with Crippen molar-refractivity contribution in [3.05, 3.63) is 56.7 Å². The highest BCUT2D eigenvalue weighted by atomic mass is 79.9. The van der Waals surface area contributed by atoms with Gasteiger partial charge in [-0.3, -0.25) is 0 Å². The van der Waals surface area contributed by atoms with Crippen LogP contribution in [0.25, 0.3) is 0 Å². The second-order valence-corrected chi connectivity index (χ2v) is 7.05. The smallest absolute Gasteiger partial charge is 0.0701 e. The number of rotatable bonds is 5. The number of hydrogen-bond acceptors (Lipinski definition) is 2. The van der Waals surface area contributed by atoms with Crippen molar-refractivity contribution in [3.8, 4) is 0 Å². The van der Waals surface area contributed by atoms with E-state index >= 15 is 0 Å². The van der Waals surface area contributed by atoms with Crippen molar-refractivity contribution in [2.24, 2.45) is 5.73 Å². The molecule has 1 aromatic carbocycles. The monoisotopic (exact) mass is 323 g/mol. The molecular weight excluding hydrogens is 306 g/mol. The van der Waals surface area contributed by atoms with Crippen molar-refractivity contribution in [1.29, 1.82) is 0 Å². The minimum absolute atomic E-state index is 0.183. The normalized spacial score (nSPS) is 14.4. The van der Waals surface area contributed by atoms with Crippen molar-refractivity contribution < 1.29 is 0 Å². The summed E-state index contributed by atoms with van der Waals surface area (Å²) >= 11 is 5.27. The van der Waals surface area contributed by atoms with Crippen LogP contribution < -0.4 is 5.73 Å². The van der Waals surface area contributed by atoms with Crippen LogP contribution in [-0.2, 0) is 6.42 Å². The van der Waals surface area contributed by atoms with Gasteiger partial charge in [0, 0.05) is 10.9 Å². The van der Waals surface area contributed by atoms with Crippen LogP contribution in [0.3, 0.4) is 0 Å². The standard InChI is InChI=1S/C15H18BrNS/c1-2-13(11-6-4-3-5-7-11)14(17)10-12-8-9-15(16)18-12/h3-9,13-14H,2,10,17H2,1H3. The van der Waals surface area contributed by atoms with Gasteiger partial charge in [0.25, 0.3) is 0 Å². The second-order valence-electron chi connectivity index (χ2n) is 4.50. The van der Waals surface area contributed by atoms with E-state index in [9.17, 15) is 0 Å². The predicted molar refractivity (Wildman–Crippen MR) is 83.2 cm³/mol. The van der Waals surface area contributed by atoms with E-state index in [0.29, 0.717) is 5.92 Å². The molecule has 1 nitrogen and oxygen atoms in total. The molecule has 0 spiro atoms. The van der Waals surface area contributed by atoms with Gasteiger partial charge < -0.3 is 5.73 Å². The molecule has 0 fully saturated rings. The Morgan fingerprint density at radius 3 is 2.44 bits per heavy atom. The molecule has 0 aliphatic heterocycles. The van der Waals surface area contributed by atoms with Crippen molar-refractivity contribution in [2.75, 3.05) is 0 Å². The van der Waals surface area contributed by atoms with Crippen LogP contribution in [0.15, 0.2) is 46.3 Å². The Morgan fingerprint density at radius 1 is 1.17 bits per heavy atom. The maximum absolute atomic E-state index is 6.39. The van der Waals surface area contributed by atoms with Gasteiger partial charge in [0.1, 0.15) is 0 Å². The molecule has 2 rings (SSSR count). The lowest BCUT2D eigenvalue weighted by Gasteiger charge is -2.22. The van der Waals surface area contributed by atoms with E-state index in [1.165, 1.54) is 14.2 Å². The highest BCUT2D eigenvalue weighted by Crippen LogP contribution is 2.28. The Labute approximate surface area is 121 Å². The summed E-state index contributed by atoms with van der Waals surface area (Å²) in [5.74, 6) is 0.437. The van der Waals surface area contributed by atoms with Crippen LogP contribution in [-0.4, -0.2) is 6.04 Å². The van der Waals surface area contributed by atoms with Crippen LogP contribution in [0.2, 0.25) is 0 Å². The first-order chi connectivity index (χ1) is 8.70. The van der Waals surface area contributed by atoms with E-state index in [4.69, 9.17) is 5.73 Å². The Balaban J connectivity index is 2.08. The first-order valence-corrected chi connectivity index (χ1v) is 7.86. The lowest BCUT2D eigenvalue weighted by atomic mass is 9.88. The lowest BCUT2D eigenvalue weighted by molar-refractivity contribution is 0.517. The van der Waals surface area contributed by atoms with E-state index in [0.717, 1.165) is 12.8 Å². The molecule has 18 heavy (non-hydrogen) atoms. The minimum atomic E-state index is 0.183. The number of hydrogen-bond donors (Lipinski definition) is 1. The van der Waals surface area contributed by atoms with Crippen molar-refractivity contribution >= 4 is 27.3 Å². The molecular formula is C15H18BrNS. The Kier molecular flexibility index (Phi) is 4.98. The molecule has 0 aliphatic carbocycles. The van der Waals surface area contributed by atoms with Gasteiger partial charge in [-0.2, -0.15) is 0 Å². The fraction of sp³-hybridized carbons (Fsp3) is 0.333. The summed E-state index contributed by atoms with van der Waals surface area (Å²) in [6, 6.07) is 15.0. The van der Waals surface area contributed by atoms with Crippen LogP contribution in [0, 0.1) is 0 Å². The van der Waals surface area contributed by atoms with Crippen molar-refractivity contribution in [3.63, 3.8) is 0 Å². The third-order valence-electron chi connectivity index (χ3n) is 3.25. The summed E-state index contributed by atoms with van der Waals surface area (Å²) in [5, 5.41) is 0. The number of nitrogens with two attached hydrogens (primary N) is 1. The molecule has 96 valence electrons. The molecule has 2 atom stereocenters. The molecule has 0 amide bonds. The van der Waals surface area contributed by atoms with Crippen LogP contribution in [0.4, 0.5) is 0 Å². The zero-order valence-corrected chi connectivity index (χ0v) is 12.9. The predicted octanol–water partition coefficient (Wildman–Crippen LogP) is 4.57. The van der Waals surface area contributed by atoms with Gasteiger partial charge in [-0.25, -0.2) is 0 Å². The maximum atomic E-state index is 6.39. The quantitative estimate of drug-likeness (QED) is 0.856. The Hall–Kier alpha value is -0.640. The van der Waals surface area contributed by atoms with Crippen LogP contribution in [0.1, 0.15) is 29.7 Å². The third kappa shape index (κ3) is 3.44. The molecule has 0 saturated carbocycles. The van der Waals surface area contributed by atoms with Crippen LogP contribution in [0.5, 0.6) is 0 Å². The zero-order chi connectivity index (χ0) is 13.0. The van der Waals surface area contributed by atoms with Crippen LogP contribution >= 0.6 is 27.3 Å². The molecule has 0 saturated heterocycles. The van der Waals surface area contributed by atoms with Gasteiger partial charge in [0.2, 0.25) is 0 Å². The van der Waals surface area contributed by atoms with Gasteiger partial charge in [0.15, 0.2) is 0 Å². The SMILES string of the molecule is CCC(c1ccccc1)C(N)Cc1ccc(Br)s1. The van der Waals surface area contributed by atoms with E-state index in [-0.39, 0.29) is 6.04 Å². The summed E-state index contributed by atoms with van der Waals surface area (Å²) < 4.78 is 1.18. The van der Waals surface area contributed by atoms with Gasteiger partial charge >= 0.3 is 0 Å². The molecule has 2 unspecified atom stereocenters. The van der Waals surface area contributed by atoms with E-state index < -0.39 is 0 Å². The molecule has 2 aromatic rings. The fourth-order valence-corrected chi connectivity index (χ4v) is 3.88. The molecule has 1 aromatic heterocycles. The topological polar surface area (TPSA) is 26.0 Å². The average Bonchev–Trinajstić information content (AvgIpc) is 2.77. The van der Waals surface area contributed by atoms with E-state index in [1.807, 2.05) is 0 Å². The van der Waals surface area contributed by atoms with Gasteiger partial charge in [-0.15, -0.1) is 11.3 Å². The summed E-state index contributed by atoms with van der Waals surface area (Å²) in [6.45, 7) is 2.21. The molecule has 1 heterocycles. The van der Waals surface area contributed by atoms with E-state index in [1.54, 1.807) is 11.3 Å². The lowest BCUT2D eigenvalue weighted by Crippen LogP contribution is -2.30. The Morgan fingerprint density at radius 2 is 1.89 bits per heavy atom. The van der Waals surface area contributed by atoms with E-state index in [2.05, 4.69) is 65.3 Å². The molecule has 0 aliphatic rings. The molecule has 0 bridgehead atoms. The summed E-state index contributed by atoms with van der Waals surface area (Å²) in [5.41, 5.74) is 7.74. The highest BCUT2D eigenvalue weighted by Gasteiger charge is 2.18. The molecule has 3 heteroatoms. The number of benzene rings is 1. The van der Waals surface area contributed by atoms with Gasteiger partial charge in [0.05, 0.1) is 3.79 Å². The van der Waals surface area contributed by atoms with Gasteiger partial charge in [-0.05, 0) is 52.4 Å². The van der Waals surface area contributed by atoms with Crippen molar-refractivity contribution in [1.82, 2.24) is 0 Å². The largest absolute Gasteiger partial charge is 0.327 e. The minimum Gasteiger partial charge on any atom is -0.327 e. The summed E-state index contributed by atoms with van der Waals surface area (Å²) in [4.78, 5) is 1.35. The molecule has 2 N–H and O–H groups in total. The summed E-state index contributed by atoms with van der Waals surface area (Å²) in [7, 11) is 0. The fourth-order valence-electron chi connectivity index (χ4n) is 2.32. The Bertz CT molecular complexity index is 480. The zero-order valence-electron chi connectivity index (χ0n) is 10.5. The molecule has 0 radical (unpaired) electrons. The highest BCUT2D eigenvalue weighted by molar-refractivity contribution is 9.11. The number of thiophene rings is 1. The summed E-state index contributed by atoms with van der Waals surface area (Å²) in [6.07, 6.45) is 2.03. The first kappa shape index (κ1) is 13.8. The number of halogens is 1. The average molecular weight is 324 g/mol. The second kappa shape index (κ2) is 6.50. The third-order valence-corrected chi connectivity index (χ3v) is 4.90. The maximum Gasteiger partial charge on any atom is 0.0701 e. The first-order valence-electron chi connectivity index (χ1n) is 6.25. The van der Waals surface area contributed by atoms with Gasteiger partial charge in [-0.1, -0.05) is 37.3 Å². The van der Waals surface area contributed by atoms with Crippen molar-refractivity contribution in [2.45, 2.75) is 31.7 Å².